The van der Waals surface area contributed by atoms with Crippen molar-refractivity contribution in [1.29, 1.82) is 0 Å². The molecule has 6 heteroatoms. The maximum absolute atomic E-state index is 2.48. The lowest BCUT2D eigenvalue weighted by Gasteiger charge is -2.42. The highest BCUT2D eigenvalue weighted by Gasteiger charge is 2.42. The Kier molecular flexibility index (Phi) is 7.46. The Morgan fingerprint density at radius 2 is 0.729 bits per heavy atom. The molecule has 4 aromatic heterocycles. The molecular formula is C42H36BN5. The summed E-state index contributed by atoms with van der Waals surface area (Å²) in [6.45, 7) is 0.194. The van der Waals surface area contributed by atoms with Gasteiger partial charge < -0.3 is 23.1 Å². The van der Waals surface area contributed by atoms with Crippen LogP contribution in [-0.2, 0) is 6.42 Å². The number of benzene rings is 4. The van der Waals surface area contributed by atoms with Gasteiger partial charge in [0.25, 0.3) is 0 Å². The molecule has 0 aliphatic carbocycles. The SMILES string of the molecule is C.c1ccc(-n2cccc2)c(Cc2ccccc2-n2cccc2)c1.c1ccc2c(c1)N1B(c3cccn3-2)c2cccn2-c2ccccc21. The van der Waals surface area contributed by atoms with Crippen LogP contribution in [0.25, 0.3) is 22.7 Å². The molecule has 2 aliphatic rings. The third-order valence-electron chi connectivity index (χ3n) is 9.31. The van der Waals surface area contributed by atoms with Crippen LogP contribution in [0.3, 0.4) is 0 Å². The maximum Gasteiger partial charge on any atom is 0.363 e. The lowest BCUT2D eigenvalue weighted by molar-refractivity contribution is 1.00. The molecule has 2 aliphatic heterocycles. The van der Waals surface area contributed by atoms with Crippen LogP contribution in [0.1, 0.15) is 18.6 Å². The van der Waals surface area contributed by atoms with Gasteiger partial charge in [-0.25, -0.2) is 0 Å². The number of hydrogen-bond donors (Lipinski definition) is 0. The molecule has 0 atom stereocenters. The number of anilines is 2. The van der Waals surface area contributed by atoms with Crippen molar-refractivity contribution < 1.29 is 0 Å². The van der Waals surface area contributed by atoms with Gasteiger partial charge in [-0.2, -0.15) is 0 Å². The highest BCUT2D eigenvalue weighted by molar-refractivity contribution is 6.89. The van der Waals surface area contributed by atoms with E-state index in [1.54, 1.807) is 0 Å². The van der Waals surface area contributed by atoms with Crippen LogP contribution in [-0.4, -0.2) is 25.1 Å². The second kappa shape index (κ2) is 12.2. The van der Waals surface area contributed by atoms with Gasteiger partial charge in [-0.05, 0) is 96.1 Å². The first-order valence-electron chi connectivity index (χ1n) is 16.1. The fraction of sp³-hybridized carbons (Fsp3) is 0.0476. The largest absolute Gasteiger partial charge is 0.372 e. The summed E-state index contributed by atoms with van der Waals surface area (Å²) >= 11 is 0. The summed E-state index contributed by atoms with van der Waals surface area (Å²) in [5.41, 5.74) is 12.7. The molecule has 0 radical (unpaired) electrons. The highest BCUT2D eigenvalue weighted by Crippen LogP contribution is 2.40. The topological polar surface area (TPSA) is 23.0 Å². The van der Waals surface area contributed by atoms with Crippen molar-refractivity contribution in [1.82, 2.24) is 18.3 Å². The Labute approximate surface area is 282 Å². The van der Waals surface area contributed by atoms with Crippen molar-refractivity contribution >= 4 is 29.4 Å². The van der Waals surface area contributed by atoms with Crippen molar-refractivity contribution in [2.24, 2.45) is 0 Å². The molecule has 0 amide bonds. The summed E-state index contributed by atoms with van der Waals surface area (Å²) < 4.78 is 8.99. The molecule has 0 saturated heterocycles. The third kappa shape index (κ3) is 4.81. The lowest BCUT2D eigenvalue weighted by atomic mass is 9.51. The standard InChI is InChI=1S/C21H18N2.C20H14BN3.CH4/c1-3-11-20(22-13-5-6-14-22)18(9-1)17-19-10-2-4-12-21(19)23-15-7-8-16-23;1-3-9-17-15(7-1)22-13-5-11-19(22)21-20-12-6-14-23(20)16-8-2-4-10-18(16)24(17)21;/h1-16H,17H2;1-14H;1H4. The first kappa shape index (κ1) is 29.3. The van der Waals surface area contributed by atoms with Crippen LogP contribution in [0, 0.1) is 0 Å². The molecular weight excluding hydrogens is 585 g/mol. The lowest BCUT2D eigenvalue weighted by Crippen LogP contribution is -2.63. The number of nitrogens with zero attached hydrogens (tertiary/aromatic N) is 5. The number of fused-ring (bicyclic) bond motifs is 11. The molecule has 232 valence electrons. The van der Waals surface area contributed by atoms with Crippen LogP contribution in [0.15, 0.2) is 183 Å². The fourth-order valence-corrected chi connectivity index (χ4v) is 7.26. The van der Waals surface area contributed by atoms with Crippen molar-refractivity contribution in [3.63, 3.8) is 0 Å². The number of hydrogen-bond acceptors (Lipinski definition) is 1. The van der Waals surface area contributed by atoms with Crippen molar-refractivity contribution in [2.75, 3.05) is 4.81 Å². The minimum atomic E-state index is 0. The van der Waals surface area contributed by atoms with Gasteiger partial charge in [0, 0.05) is 66.2 Å². The van der Waals surface area contributed by atoms with E-state index in [-0.39, 0.29) is 14.3 Å². The first-order valence-corrected chi connectivity index (χ1v) is 16.1. The summed E-state index contributed by atoms with van der Waals surface area (Å²) in [5, 5.41) is 0. The Hall–Kier alpha value is -6.14. The summed E-state index contributed by atoms with van der Waals surface area (Å²) in [7, 11) is 0. The van der Waals surface area contributed by atoms with Gasteiger partial charge in [-0.3, -0.25) is 0 Å². The molecule has 0 spiro atoms. The zero-order chi connectivity index (χ0) is 31.2. The van der Waals surface area contributed by atoms with E-state index in [1.807, 2.05) is 0 Å². The normalized spacial score (nSPS) is 12.0. The zero-order valence-electron chi connectivity index (χ0n) is 25.8. The van der Waals surface area contributed by atoms with Gasteiger partial charge in [-0.15, -0.1) is 0 Å². The van der Waals surface area contributed by atoms with Gasteiger partial charge in [0.05, 0.1) is 22.7 Å². The summed E-state index contributed by atoms with van der Waals surface area (Å²) in [4.78, 5) is 2.48. The average Bonchev–Trinajstić information content (AvgIpc) is 3.97. The van der Waals surface area contributed by atoms with Crippen molar-refractivity contribution in [2.45, 2.75) is 13.8 Å². The van der Waals surface area contributed by atoms with E-state index in [1.165, 1.54) is 56.4 Å². The predicted molar refractivity (Wildman–Crippen MR) is 200 cm³/mol. The van der Waals surface area contributed by atoms with Gasteiger partial charge in [0.1, 0.15) is 0 Å². The quantitative estimate of drug-likeness (QED) is 0.181. The van der Waals surface area contributed by atoms with Crippen LogP contribution in [0.4, 0.5) is 11.4 Å². The van der Waals surface area contributed by atoms with Crippen LogP contribution >= 0.6 is 0 Å². The van der Waals surface area contributed by atoms with E-state index in [0.717, 1.165) is 6.42 Å². The van der Waals surface area contributed by atoms with Gasteiger partial charge in [0.2, 0.25) is 0 Å². The monoisotopic (exact) mass is 621 g/mol. The van der Waals surface area contributed by atoms with E-state index in [0.29, 0.717) is 0 Å². The van der Waals surface area contributed by atoms with Crippen LogP contribution < -0.4 is 16.0 Å². The number of para-hydroxylation sites is 6. The van der Waals surface area contributed by atoms with Crippen molar-refractivity contribution in [3.8, 4) is 22.7 Å². The van der Waals surface area contributed by atoms with Crippen LogP contribution in [0.5, 0.6) is 0 Å². The van der Waals surface area contributed by atoms with E-state index in [4.69, 9.17) is 0 Å². The van der Waals surface area contributed by atoms with Crippen molar-refractivity contribution in [3.05, 3.63) is 194 Å². The van der Waals surface area contributed by atoms with Gasteiger partial charge in [-0.1, -0.05) is 68.1 Å². The Morgan fingerprint density at radius 3 is 1.17 bits per heavy atom. The minimum Gasteiger partial charge on any atom is -0.372 e. The smallest absolute Gasteiger partial charge is 0.363 e. The minimum absolute atomic E-state index is 0. The molecule has 8 aromatic rings. The Morgan fingerprint density at radius 1 is 0.354 bits per heavy atom. The van der Waals surface area contributed by atoms with E-state index in [9.17, 15) is 0 Å². The first-order chi connectivity index (χ1) is 23.3. The third-order valence-corrected chi connectivity index (χ3v) is 9.31. The molecule has 6 heterocycles. The Balaban J connectivity index is 0.000000137. The zero-order valence-corrected chi connectivity index (χ0v) is 25.8. The molecule has 5 nitrogen and oxygen atoms in total. The molecule has 0 bridgehead atoms. The Bertz CT molecular complexity index is 2150. The van der Waals surface area contributed by atoms with Gasteiger partial charge >= 0.3 is 6.85 Å². The molecule has 0 saturated carbocycles. The average molecular weight is 622 g/mol. The molecule has 0 N–H and O–H groups in total. The molecule has 48 heavy (non-hydrogen) atoms. The number of rotatable bonds is 4. The molecule has 0 unspecified atom stereocenters. The molecule has 10 rings (SSSR count). The second-order valence-corrected chi connectivity index (χ2v) is 12.0. The number of aromatic nitrogens is 4. The van der Waals surface area contributed by atoms with Gasteiger partial charge in [0.15, 0.2) is 0 Å². The summed E-state index contributed by atoms with van der Waals surface area (Å²) in [5.74, 6) is 0. The maximum atomic E-state index is 2.48. The summed E-state index contributed by atoms with van der Waals surface area (Å²) in [6, 6.07) is 51.5. The van der Waals surface area contributed by atoms with E-state index >= 15 is 0 Å². The molecule has 4 aromatic carbocycles. The van der Waals surface area contributed by atoms with E-state index in [2.05, 4.69) is 206 Å². The summed E-state index contributed by atoms with van der Waals surface area (Å²) in [6.07, 6.45) is 13.6. The highest BCUT2D eigenvalue weighted by atomic mass is 15.2. The fourth-order valence-electron chi connectivity index (χ4n) is 7.26. The second-order valence-electron chi connectivity index (χ2n) is 12.0. The van der Waals surface area contributed by atoms with E-state index < -0.39 is 0 Å². The molecule has 0 fully saturated rings. The predicted octanol–water partition coefficient (Wildman–Crippen LogP) is 8.33. The van der Waals surface area contributed by atoms with Crippen LogP contribution in [0.2, 0.25) is 0 Å².